The predicted octanol–water partition coefficient (Wildman–Crippen LogP) is 3.01. The molecule has 1 fully saturated rings. The number of aliphatic imine (C=N–C) groups is 1. The van der Waals surface area contributed by atoms with Gasteiger partial charge in [0.2, 0.25) is 0 Å². The van der Waals surface area contributed by atoms with E-state index in [1.165, 1.54) is 29.7 Å². The Morgan fingerprint density at radius 1 is 1.36 bits per heavy atom. The molecule has 1 heterocycles. The molecule has 4 nitrogen and oxygen atoms in total. The molecule has 6 heteroatoms. The van der Waals surface area contributed by atoms with Crippen LogP contribution in [0.3, 0.4) is 0 Å². The summed E-state index contributed by atoms with van der Waals surface area (Å²) in [5.74, 6) is 2.17. The molecule has 1 aromatic carbocycles. The van der Waals surface area contributed by atoms with E-state index in [9.17, 15) is 0 Å². The van der Waals surface area contributed by atoms with Gasteiger partial charge in [0.05, 0.1) is 6.61 Å². The third-order valence-corrected chi connectivity index (χ3v) is 4.91. The molecule has 1 unspecified atom stereocenters. The highest BCUT2D eigenvalue weighted by atomic mass is 127. The third-order valence-electron chi connectivity index (χ3n) is 3.51. The number of thioether (sulfide) groups is 1. The van der Waals surface area contributed by atoms with Crippen LogP contribution in [0.4, 0.5) is 0 Å². The predicted molar refractivity (Wildman–Crippen MR) is 106 cm³/mol. The van der Waals surface area contributed by atoms with Crippen molar-refractivity contribution in [2.75, 3.05) is 26.5 Å². The van der Waals surface area contributed by atoms with E-state index in [0.29, 0.717) is 6.61 Å². The van der Waals surface area contributed by atoms with Crippen LogP contribution in [0.5, 0.6) is 0 Å². The highest BCUT2D eigenvalue weighted by molar-refractivity contribution is 14.0. The van der Waals surface area contributed by atoms with Crippen molar-refractivity contribution in [1.29, 1.82) is 0 Å². The molecule has 22 heavy (non-hydrogen) atoms. The van der Waals surface area contributed by atoms with Gasteiger partial charge in [-0.05, 0) is 29.7 Å². The Bertz CT molecular complexity index is 464. The lowest BCUT2D eigenvalue weighted by Gasteiger charge is -2.15. The van der Waals surface area contributed by atoms with E-state index in [1.807, 2.05) is 7.05 Å². The molecule has 0 saturated carbocycles. The number of benzene rings is 1. The summed E-state index contributed by atoms with van der Waals surface area (Å²) in [6.07, 6.45) is 2.66. The lowest BCUT2D eigenvalue weighted by Crippen LogP contribution is -2.39. The number of ether oxygens (including phenoxy) is 1. The zero-order valence-electron chi connectivity index (χ0n) is 13.3. The monoisotopic (exact) mass is 435 g/mol. The van der Waals surface area contributed by atoms with Crippen molar-refractivity contribution in [3.63, 3.8) is 0 Å². The quantitative estimate of drug-likeness (QED) is 0.410. The van der Waals surface area contributed by atoms with E-state index < -0.39 is 0 Å². The second kappa shape index (κ2) is 11.1. The van der Waals surface area contributed by atoms with Crippen LogP contribution in [0, 0.1) is 0 Å². The number of nitrogens with one attached hydrogen (secondary N) is 2. The molecule has 2 N–H and O–H groups in total. The molecule has 1 aromatic rings. The van der Waals surface area contributed by atoms with Crippen molar-refractivity contribution in [2.24, 2.45) is 4.99 Å². The Labute approximate surface area is 154 Å². The number of hydrogen-bond donors (Lipinski definition) is 2. The van der Waals surface area contributed by atoms with Crippen LogP contribution < -0.4 is 10.6 Å². The number of nitrogens with zero attached hydrogens (tertiary/aromatic N) is 1. The average molecular weight is 435 g/mol. The normalized spacial score (nSPS) is 17.9. The topological polar surface area (TPSA) is 45.7 Å². The fourth-order valence-electron chi connectivity index (χ4n) is 2.42. The zero-order chi connectivity index (χ0) is 14.9. The first-order valence-corrected chi connectivity index (χ1v) is 8.49. The largest absolute Gasteiger partial charge is 0.380 e. The van der Waals surface area contributed by atoms with Gasteiger partial charge in [0.1, 0.15) is 0 Å². The van der Waals surface area contributed by atoms with Gasteiger partial charge in [-0.25, -0.2) is 0 Å². The number of hydrogen-bond acceptors (Lipinski definition) is 3. The summed E-state index contributed by atoms with van der Waals surface area (Å²) in [6, 6.07) is 8.43. The van der Waals surface area contributed by atoms with Gasteiger partial charge in [-0.15, -0.1) is 24.0 Å². The second-order valence-electron chi connectivity index (χ2n) is 5.19. The summed E-state index contributed by atoms with van der Waals surface area (Å²) in [5.41, 5.74) is 2.44. The standard InChI is InChI=1S/C16H25N3OS.HI/c1-17-16(19-11-15-7-4-8-21-15)18-10-13-5-3-6-14(9-13)12-20-2;/h3,5-6,9,15H,4,7-8,10-12H2,1-2H3,(H2,17,18,19);1H. The molecule has 124 valence electrons. The summed E-state index contributed by atoms with van der Waals surface area (Å²) < 4.78 is 5.17. The molecule has 0 aliphatic carbocycles. The Balaban J connectivity index is 0.00000242. The van der Waals surface area contributed by atoms with Crippen molar-refractivity contribution in [3.05, 3.63) is 35.4 Å². The minimum absolute atomic E-state index is 0. The maximum Gasteiger partial charge on any atom is 0.191 e. The van der Waals surface area contributed by atoms with Crippen molar-refractivity contribution >= 4 is 41.7 Å². The lowest BCUT2D eigenvalue weighted by atomic mass is 10.1. The van der Waals surface area contributed by atoms with E-state index in [-0.39, 0.29) is 24.0 Å². The summed E-state index contributed by atoms with van der Waals surface area (Å²) >= 11 is 2.06. The van der Waals surface area contributed by atoms with Gasteiger partial charge in [-0.1, -0.05) is 24.3 Å². The SMILES string of the molecule is CN=C(NCc1cccc(COC)c1)NCC1CCCS1.I. The summed E-state index contributed by atoms with van der Waals surface area (Å²) in [5, 5.41) is 7.51. The molecule has 1 aliphatic heterocycles. The Morgan fingerprint density at radius 3 is 2.86 bits per heavy atom. The number of halogens is 1. The van der Waals surface area contributed by atoms with Gasteiger partial charge >= 0.3 is 0 Å². The van der Waals surface area contributed by atoms with E-state index in [2.05, 4.69) is 51.7 Å². The molecule has 0 aromatic heterocycles. The molecular formula is C16H26IN3OS. The molecule has 0 amide bonds. The zero-order valence-corrected chi connectivity index (χ0v) is 16.4. The van der Waals surface area contributed by atoms with E-state index in [0.717, 1.165) is 24.3 Å². The van der Waals surface area contributed by atoms with Crippen LogP contribution in [-0.4, -0.2) is 37.7 Å². The van der Waals surface area contributed by atoms with E-state index >= 15 is 0 Å². The van der Waals surface area contributed by atoms with E-state index in [4.69, 9.17) is 4.74 Å². The van der Waals surface area contributed by atoms with Crippen molar-refractivity contribution in [1.82, 2.24) is 10.6 Å². The van der Waals surface area contributed by atoms with Gasteiger partial charge < -0.3 is 15.4 Å². The molecule has 0 bridgehead atoms. The molecule has 1 atom stereocenters. The minimum Gasteiger partial charge on any atom is -0.380 e. The van der Waals surface area contributed by atoms with Crippen molar-refractivity contribution in [3.8, 4) is 0 Å². The number of guanidine groups is 1. The molecule has 0 radical (unpaired) electrons. The third kappa shape index (κ3) is 6.75. The number of methoxy groups -OCH3 is 1. The maximum atomic E-state index is 5.17. The molecule has 1 saturated heterocycles. The average Bonchev–Trinajstić information content (AvgIpc) is 3.01. The summed E-state index contributed by atoms with van der Waals surface area (Å²) in [7, 11) is 3.54. The molecule has 1 aliphatic rings. The van der Waals surface area contributed by atoms with Gasteiger partial charge in [-0.2, -0.15) is 11.8 Å². The van der Waals surface area contributed by atoms with Crippen molar-refractivity contribution in [2.45, 2.75) is 31.2 Å². The fraction of sp³-hybridized carbons (Fsp3) is 0.562. The minimum atomic E-state index is 0. The first-order chi connectivity index (χ1) is 10.3. The van der Waals surface area contributed by atoms with Gasteiger partial charge in [0.25, 0.3) is 0 Å². The first kappa shape index (κ1) is 19.6. The molecule has 2 rings (SSSR count). The Kier molecular flexibility index (Phi) is 9.90. The van der Waals surface area contributed by atoms with Gasteiger partial charge in [-0.3, -0.25) is 4.99 Å². The fourth-order valence-corrected chi connectivity index (χ4v) is 3.62. The molecule has 0 spiro atoms. The Morgan fingerprint density at radius 2 is 2.18 bits per heavy atom. The summed E-state index contributed by atoms with van der Waals surface area (Å²) in [4.78, 5) is 4.28. The smallest absolute Gasteiger partial charge is 0.191 e. The van der Waals surface area contributed by atoms with E-state index in [1.54, 1.807) is 7.11 Å². The van der Waals surface area contributed by atoms with Crippen LogP contribution in [0.15, 0.2) is 29.3 Å². The molecular weight excluding hydrogens is 409 g/mol. The Hall–Kier alpha value is -0.470. The van der Waals surface area contributed by atoms with Crippen LogP contribution in [-0.2, 0) is 17.9 Å². The lowest BCUT2D eigenvalue weighted by molar-refractivity contribution is 0.185. The maximum absolute atomic E-state index is 5.17. The number of rotatable bonds is 6. The first-order valence-electron chi connectivity index (χ1n) is 7.44. The van der Waals surface area contributed by atoms with Crippen LogP contribution in [0.1, 0.15) is 24.0 Å². The van der Waals surface area contributed by atoms with Crippen LogP contribution >= 0.6 is 35.7 Å². The van der Waals surface area contributed by atoms with Crippen molar-refractivity contribution < 1.29 is 4.74 Å². The summed E-state index contributed by atoms with van der Waals surface area (Å²) in [6.45, 7) is 2.42. The van der Waals surface area contributed by atoms with Gasteiger partial charge in [0, 0.05) is 32.5 Å². The van der Waals surface area contributed by atoms with Crippen LogP contribution in [0.2, 0.25) is 0 Å². The van der Waals surface area contributed by atoms with Gasteiger partial charge in [0.15, 0.2) is 5.96 Å². The highest BCUT2D eigenvalue weighted by Crippen LogP contribution is 2.25. The highest BCUT2D eigenvalue weighted by Gasteiger charge is 2.15. The van der Waals surface area contributed by atoms with Crippen LogP contribution in [0.25, 0.3) is 0 Å². The second-order valence-corrected chi connectivity index (χ2v) is 6.60.